The number of aryl methyl sites for hydroxylation is 1. The molecule has 2 saturated heterocycles. The minimum Gasteiger partial charge on any atom is -0.475 e. The number of halogens is 6. The average Bonchev–Trinajstić information content (AvgIpc) is 3.52. The van der Waals surface area contributed by atoms with Gasteiger partial charge >= 0.3 is 12.2 Å². The molecule has 2 fully saturated rings. The molecule has 0 aromatic carbocycles. The van der Waals surface area contributed by atoms with E-state index < -0.39 is 74.7 Å². The summed E-state index contributed by atoms with van der Waals surface area (Å²) in [4.78, 5) is 25.2. The van der Waals surface area contributed by atoms with Crippen molar-refractivity contribution in [3.63, 3.8) is 0 Å². The van der Waals surface area contributed by atoms with Crippen LogP contribution in [-0.2, 0) is 6.18 Å². The first-order valence-corrected chi connectivity index (χ1v) is 16.2. The van der Waals surface area contributed by atoms with Gasteiger partial charge in [0.2, 0.25) is 5.88 Å². The second-order valence-electron chi connectivity index (χ2n) is 12.9. The lowest BCUT2D eigenvalue weighted by molar-refractivity contribution is -0.137. The number of hydrogen-bond donors (Lipinski definition) is 2. The Labute approximate surface area is 282 Å². The molecule has 7 rings (SSSR count). The Hall–Kier alpha value is -4.31. The zero-order chi connectivity index (χ0) is 35.0. The minimum absolute atomic E-state index is 0.000961. The number of ether oxygens (including phenoxy) is 2. The molecule has 4 aromatic heterocycles. The number of anilines is 3. The maximum Gasteiger partial charge on any atom is 0.418 e. The molecule has 0 bridgehead atoms. The highest BCUT2D eigenvalue weighted by Crippen LogP contribution is 2.48. The van der Waals surface area contributed by atoms with Gasteiger partial charge in [-0.1, -0.05) is 17.7 Å². The lowest BCUT2D eigenvalue weighted by Gasteiger charge is -2.35. The zero-order valence-corrected chi connectivity index (χ0v) is 27.5. The third kappa shape index (κ3) is 5.48. The highest BCUT2D eigenvalue weighted by molar-refractivity contribution is 6.35. The average molecular weight is 706 g/mol. The summed E-state index contributed by atoms with van der Waals surface area (Å²) in [5, 5.41) is -0.630. The molecule has 0 spiro atoms. The van der Waals surface area contributed by atoms with Crippen LogP contribution in [0.15, 0.2) is 18.3 Å². The van der Waals surface area contributed by atoms with Crippen LogP contribution in [0, 0.1) is 12.7 Å². The number of fused-ring (bicyclic) bond motifs is 1. The minimum atomic E-state index is -5.00. The number of rotatable bonds is 6. The Morgan fingerprint density at radius 2 is 1.96 bits per heavy atom. The van der Waals surface area contributed by atoms with Crippen molar-refractivity contribution in [1.82, 2.24) is 29.8 Å². The van der Waals surface area contributed by atoms with Gasteiger partial charge in [-0.15, -0.1) is 0 Å². The van der Waals surface area contributed by atoms with Crippen molar-refractivity contribution < 1.29 is 31.4 Å². The number of nitrogen functional groups attached to an aromatic ring is 2. The van der Waals surface area contributed by atoms with Gasteiger partial charge in [-0.05, 0) is 46.2 Å². The predicted molar refractivity (Wildman–Crippen MR) is 173 cm³/mol. The van der Waals surface area contributed by atoms with E-state index in [1.807, 2.05) is 23.6 Å². The van der Waals surface area contributed by atoms with Crippen LogP contribution in [0.2, 0.25) is 5.02 Å². The second kappa shape index (κ2) is 11.9. The van der Waals surface area contributed by atoms with Gasteiger partial charge in [-0.25, -0.2) is 23.7 Å². The van der Waals surface area contributed by atoms with Crippen LogP contribution >= 0.6 is 11.6 Å². The topological polar surface area (TPSA) is 141 Å². The molecule has 0 saturated carbocycles. The van der Waals surface area contributed by atoms with E-state index in [9.17, 15) is 17.6 Å². The summed E-state index contributed by atoms with van der Waals surface area (Å²) in [6.45, 7) is 5.77. The van der Waals surface area contributed by atoms with Crippen molar-refractivity contribution in [2.75, 3.05) is 42.7 Å². The van der Waals surface area contributed by atoms with E-state index in [-0.39, 0.29) is 55.1 Å². The van der Waals surface area contributed by atoms with Crippen LogP contribution < -0.4 is 25.8 Å². The summed E-state index contributed by atoms with van der Waals surface area (Å²) < 4.78 is 87.2. The summed E-state index contributed by atoms with van der Waals surface area (Å²) in [5.74, 6) is -1.48. The smallest absolute Gasteiger partial charge is 0.418 e. The molecular formula is C32H33ClF5N9O2. The van der Waals surface area contributed by atoms with E-state index in [1.54, 1.807) is 18.3 Å². The van der Waals surface area contributed by atoms with Crippen molar-refractivity contribution in [1.29, 1.82) is 0 Å². The van der Waals surface area contributed by atoms with E-state index in [0.717, 1.165) is 13.3 Å². The number of alkyl halides is 4. The van der Waals surface area contributed by atoms with Gasteiger partial charge in [0.15, 0.2) is 5.82 Å². The van der Waals surface area contributed by atoms with Gasteiger partial charge in [0.25, 0.3) is 0 Å². The summed E-state index contributed by atoms with van der Waals surface area (Å²) >= 11 is 6.34. The van der Waals surface area contributed by atoms with Crippen molar-refractivity contribution >= 4 is 40.0 Å². The number of pyridine rings is 3. The first-order valence-electron chi connectivity index (χ1n) is 15.8. The molecular weight excluding hydrogens is 673 g/mol. The van der Waals surface area contributed by atoms with Gasteiger partial charge in [0.1, 0.15) is 53.4 Å². The Bertz CT molecular complexity index is 1970. The Morgan fingerprint density at radius 1 is 1.18 bits per heavy atom. The van der Waals surface area contributed by atoms with Gasteiger partial charge in [-0.3, -0.25) is 4.90 Å². The van der Waals surface area contributed by atoms with Gasteiger partial charge in [-0.2, -0.15) is 23.1 Å². The molecule has 3 aliphatic rings. The molecule has 11 nitrogen and oxygen atoms in total. The van der Waals surface area contributed by atoms with E-state index in [2.05, 4.69) is 19.9 Å². The van der Waals surface area contributed by atoms with Crippen molar-refractivity contribution in [2.24, 2.45) is 0 Å². The van der Waals surface area contributed by atoms with Gasteiger partial charge in [0.05, 0.1) is 33.9 Å². The van der Waals surface area contributed by atoms with E-state index in [0.29, 0.717) is 18.5 Å². The summed E-state index contributed by atoms with van der Waals surface area (Å²) in [7, 11) is 0. The number of aromatic nitrogens is 5. The molecule has 7 heterocycles. The highest BCUT2D eigenvalue weighted by Gasteiger charge is 2.49. The van der Waals surface area contributed by atoms with Gasteiger partial charge in [0, 0.05) is 30.3 Å². The Morgan fingerprint density at radius 3 is 2.69 bits per heavy atom. The zero-order valence-electron chi connectivity index (χ0n) is 26.8. The monoisotopic (exact) mass is 705 g/mol. The van der Waals surface area contributed by atoms with Crippen LogP contribution in [0.25, 0.3) is 22.2 Å². The Balaban J connectivity index is 1.47. The van der Waals surface area contributed by atoms with Crippen LogP contribution in [0.4, 0.5) is 39.4 Å². The van der Waals surface area contributed by atoms with E-state index in [1.165, 1.54) is 0 Å². The summed E-state index contributed by atoms with van der Waals surface area (Å²) in [6, 6.07) is 2.30. The molecule has 3 aliphatic heterocycles. The van der Waals surface area contributed by atoms with Crippen molar-refractivity contribution in [2.45, 2.75) is 70.0 Å². The fourth-order valence-electron chi connectivity index (χ4n) is 7.53. The van der Waals surface area contributed by atoms with Crippen molar-refractivity contribution in [3.05, 3.63) is 46.0 Å². The second-order valence-corrected chi connectivity index (χ2v) is 13.2. The number of nitrogens with two attached hydrogens (primary N) is 2. The SMILES string of the molecule is Cc1nc(N)c(Cl)c(-c2nc3c4c(nc(OC[C@@]56CCCN5C[C@H](F)C6)nc4c2F)N([C@H](C)c2cccnc2N)[C@@H](C)CO3)c1C(F)(F)F. The Kier molecular flexibility index (Phi) is 8.08. The molecule has 0 unspecified atom stereocenters. The van der Waals surface area contributed by atoms with Crippen LogP contribution in [0.5, 0.6) is 11.9 Å². The maximum absolute atomic E-state index is 17.0. The quantitative estimate of drug-likeness (QED) is 0.226. The fraction of sp³-hybridized carbons (Fsp3) is 0.469. The molecule has 260 valence electrons. The lowest BCUT2D eigenvalue weighted by Crippen LogP contribution is -2.43. The molecule has 0 amide bonds. The number of hydrogen-bond acceptors (Lipinski definition) is 11. The first kappa shape index (κ1) is 33.2. The maximum atomic E-state index is 17.0. The largest absolute Gasteiger partial charge is 0.475 e. The third-order valence-corrected chi connectivity index (χ3v) is 10.1. The van der Waals surface area contributed by atoms with Crippen molar-refractivity contribution in [3.8, 4) is 23.1 Å². The standard InChI is InChI=1S/C32H33ClF5N9O2/c1-14-12-48-29-20-25(23(35)24(43-29)19-21(32(36,37)38)15(2)42-27(40)22(19)33)44-30(49-13-31-7-5-9-46(31)11-17(34)10-31)45-28(20)47(14)16(3)18-6-4-8-41-26(18)39/h4,6,8,14,16-17H,5,7,9-13H2,1-3H3,(H2,39,41)(H2,40,42)/t14-,16+,17+,31-/m0/s1. The predicted octanol–water partition coefficient (Wildman–Crippen LogP) is 6.07. The van der Waals surface area contributed by atoms with E-state index in [4.69, 9.17) is 37.5 Å². The lowest BCUT2D eigenvalue weighted by atomic mass is 9.95. The molecule has 0 radical (unpaired) electrons. The first-order chi connectivity index (χ1) is 23.2. The number of nitrogens with zero attached hydrogens (tertiary/aromatic N) is 7. The van der Waals surface area contributed by atoms with Crippen LogP contribution in [-0.4, -0.2) is 73.9 Å². The van der Waals surface area contributed by atoms with Crippen LogP contribution in [0.3, 0.4) is 0 Å². The molecule has 49 heavy (non-hydrogen) atoms. The normalized spacial score (nSPS) is 23.0. The molecule has 4 atom stereocenters. The molecule has 0 aliphatic carbocycles. The summed E-state index contributed by atoms with van der Waals surface area (Å²) in [5.41, 5.74) is 8.37. The third-order valence-electron chi connectivity index (χ3n) is 9.73. The molecule has 17 heteroatoms. The summed E-state index contributed by atoms with van der Waals surface area (Å²) in [6.07, 6.45) is -2.67. The van der Waals surface area contributed by atoms with Gasteiger partial charge < -0.3 is 25.8 Å². The highest BCUT2D eigenvalue weighted by atomic mass is 35.5. The fourth-order valence-corrected chi connectivity index (χ4v) is 7.76. The van der Waals surface area contributed by atoms with Crippen LogP contribution in [0.1, 0.15) is 56.0 Å². The molecule has 4 N–H and O–H groups in total. The van der Waals surface area contributed by atoms with E-state index >= 15 is 4.39 Å². The molecule has 4 aromatic rings.